The molecule has 0 aromatic heterocycles. The van der Waals surface area contributed by atoms with Gasteiger partial charge in [0, 0.05) is 9.26 Å². The number of anilines is 1. The second-order valence-corrected chi connectivity index (χ2v) is 7.14. The lowest BCUT2D eigenvalue weighted by molar-refractivity contribution is 0.102. The molecule has 1 amide bonds. The van der Waals surface area contributed by atoms with Crippen molar-refractivity contribution in [2.45, 2.75) is 13.5 Å². The van der Waals surface area contributed by atoms with Crippen molar-refractivity contribution >= 4 is 34.2 Å². The summed E-state index contributed by atoms with van der Waals surface area (Å²) >= 11 is 1.99. The zero-order valence-corrected chi connectivity index (χ0v) is 16.6. The van der Waals surface area contributed by atoms with Gasteiger partial charge in [0.25, 0.3) is 5.91 Å². The molecule has 0 bridgehead atoms. The Balaban J connectivity index is 1.69. The van der Waals surface area contributed by atoms with Crippen molar-refractivity contribution in [3.63, 3.8) is 0 Å². The molecule has 3 nitrogen and oxygen atoms in total. The molecule has 0 aliphatic heterocycles. The number of benzene rings is 3. The summed E-state index contributed by atoms with van der Waals surface area (Å²) in [6.07, 6.45) is 0. The molecule has 3 aromatic rings. The molecule has 0 heterocycles. The van der Waals surface area contributed by atoms with Crippen molar-refractivity contribution in [1.29, 1.82) is 0 Å². The van der Waals surface area contributed by atoms with Crippen LogP contribution in [0.3, 0.4) is 0 Å². The molecule has 0 aliphatic carbocycles. The third-order valence-electron chi connectivity index (χ3n) is 3.91. The van der Waals surface area contributed by atoms with E-state index >= 15 is 0 Å². The highest BCUT2D eigenvalue weighted by Crippen LogP contribution is 2.24. The van der Waals surface area contributed by atoms with E-state index in [9.17, 15) is 13.6 Å². The Morgan fingerprint density at radius 2 is 1.81 bits per heavy atom. The van der Waals surface area contributed by atoms with Crippen molar-refractivity contribution in [2.24, 2.45) is 0 Å². The van der Waals surface area contributed by atoms with Gasteiger partial charge in [0.15, 0.2) is 0 Å². The molecule has 0 saturated heterocycles. The smallest absolute Gasteiger partial charge is 0.256 e. The van der Waals surface area contributed by atoms with E-state index in [0.29, 0.717) is 15.0 Å². The van der Waals surface area contributed by atoms with Gasteiger partial charge in [-0.25, -0.2) is 8.78 Å². The van der Waals surface area contributed by atoms with Gasteiger partial charge in [-0.3, -0.25) is 4.79 Å². The number of hydrogen-bond acceptors (Lipinski definition) is 2. The maximum Gasteiger partial charge on any atom is 0.256 e. The molecule has 0 atom stereocenters. The molecule has 3 aromatic carbocycles. The highest BCUT2D eigenvalue weighted by molar-refractivity contribution is 14.1. The summed E-state index contributed by atoms with van der Waals surface area (Å²) in [6, 6.07) is 15.5. The number of halogens is 3. The first-order valence-corrected chi connectivity index (χ1v) is 9.24. The molecule has 0 saturated carbocycles. The summed E-state index contributed by atoms with van der Waals surface area (Å²) in [6.45, 7) is 2.07. The van der Waals surface area contributed by atoms with E-state index in [1.165, 1.54) is 24.3 Å². The van der Waals surface area contributed by atoms with Gasteiger partial charge in [-0.15, -0.1) is 0 Å². The molecule has 0 unspecified atom stereocenters. The number of hydrogen-bond donors (Lipinski definition) is 1. The molecule has 138 valence electrons. The Hall–Kier alpha value is -2.48. The first-order valence-electron chi connectivity index (χ1n) is 8.16. The fourth-order valence-corrected chi connectivity index (χ4v) is 3.10. The van der Waals surface area contributed by atoms with Crippen LogP contribution in [0.2, 0.25) is 0 Å². The van der Waals surface area contributed by atoms with Crippen LogP contribution < -0.4 is 10.1 Å². The lowest BCUT2D eigenvalue weighted by atomic mass is 10.1. The minimum absolute atomic E-state index is 0.240. The normalized spacial score (nSPS) is 10.5. The molecule has 27 heavy (non-hydrogen) atoms. The summed E-state index contributed by atoms with van der Waals surface area (Å²) in [5.41, 5.74) is 2.41. The topological polar surface area (TPSA) is 38.3 Å². The average molecular weight is 479 g/mol. The van der Waals surface area contributed by atoms with Gasteiger partial charge in [0.2, 0.25) is 0 Å². The Labute approximate surface area is 169 Å². The van der Waals surface area contributed by atoms with Crippen molar-refractivity contribution < 1.29 is 18.3 Å². The largest absolute Gasteiger partial charge is 0.489 e. The SMILES string of the molecule is Cc1cc(OCc2cccc(F)c2)ccc1NC(=O)c1cc(F)ccc1I. The maximum absolute atomic E-state index is 13.4. The van der Waals surface area contributed by atoms with Crippen LogP contribution in [-0.2, 0) is 6.61 Å². The Morgan fingerprint density at radius 3 is 2.56 bits per heavy atom. The van der Waals surface area contributed by atoms with E-state index in [2.05, 4.69) is 5.32 Å². The van der Waals surface area contributed by atoms with Crippen LogP contribution in [0.5, 0.6) is 5.75 Å². The number of ether oxygens (including phenoxy) is 1. The molecule has 0 radical (unpaired) electrons. The molecule has 6 heteroatoms. The van der Waals surface area contributed by atoms with E-state index in [4.69, 9.17) is 4.74 Å². The van der Waals surface area contributed by atoms with Gasteiger partial charge < -0.3 is 10.1 Å². The Kier molecular flexibility index (Phi) is 6.05. The number of carbonyl (C=O) groups is 1. The van der Waals surface area contributed by atoms with Gasteiger partial charge in [0.1, 0.15) is 24.0 Å². The standard InChI is InChI=1S/C21H16F2INO2/c1-13-9-17(27-12-14-3-2-4-15(22)10-14)6-8-20(13)25-21(26)18-11-16(23)5-7-19(18)24/h2-11H,12H2,1H3,(H,25,26). The van der Waals surface area contributed by atoms with Crippen LogP contribution in [0.15, 0.2) is 60.7 Å². The fourth-order valence-electron chi connectivity index (χ4n) is 2.52. The predicted molar refractivity (Wildman–Crippen MR) is 109 cm³/mol. The van der Waals surface area contributed by atoms with Crippen LogP contribution in [0.4, 0.5) is 14.5 Å². The van der Waals surface area contributed by atoms with Crippen LogP contribution >= 0.6 is 22.6 Å². The molecule has 0 aliphatic rings. The third kappa shape index (κ3) is 5.03. The van der Waals surface area contributed by atoms with E-state index < -0.39 is 5.82 Å². The summed E-state index contributed by atoms with van der Waals surface area (Å²) < 4.78 is 33.0. The zero-order valence-electron chi connectivity index (χ0n) is 14.4. The molecular formula is C21H16F2INO2. The summed E-state index contributed by atoms with van der Waals surface area (Å²) in [5.74, 6) is -0.541. The van der Waals surface area contributed by atoms with Gasteiger partial charge in [-0.1, -0.05) is 12.1 Å². The van der Waals surface area contributed by atoms with Crippen molar-refractivity contribution in [2.75, 3.05) is 5.32 Å². The Bertz CT molecular complexity index is 992. The highest BCUT2D eigenvalue weighted by atomic mass is 127. The second kappa shape index (κ2) is 8.47. The Morgan fingerprint density at radius 1 is 1.04 bits per heavy atom. The van der Waals surface area contributed by atoms with E-state index in [0.717, 1.165) is 11.1 Å². The number of rotatable bonds is 5. The lowest BCUT2D eigenvalue weighted by Gasteiger charge is -2.12. The van der Waals surface area contributed by atoms with Crippen molar-refractivity contribution in [3.05, 3.63) is 92.6 Å². The highest BCUT2D eigenvalue weighted by Gasteiger charge is 2.13. The number of aryl methyl sites for hydroxylation is 1. The van der Waals surface area contributed by atoms with Gasteiger partial charge in [0.05, 0.1) is 5.56 Å². The van der Waals surface area contributed by atoms with Crippen LogP contribution in [0.1, 0.15) is 21.5 Å². The predicted octanol–water partition coefficient (Wildman–Crippen LogP) is 5.71. The van der Waals surface area contributed by atoms with Crippen LogP contribution in [-0.4, -0.2) is 5.91 Å². The number of carbonyl (C=O) groups excluding carboxylic acids is 1. The van der Waals surface area contributed by atoms with Crippen molar-refractivity contribution in [1.82, 2.24) is 0 Å². The van der Waals surface area contributed by atoms with E-state index in [1.54, 1.807) is 36.4 Å². The maximum atomic E-state index is 13.4. The molecule has 0 spiro atoms. The average Bonchev–Trinajstić information content (AvgIpc) is 2.64. The minimum Gasteiger partial charge on any atom is -0.489 e. The third-order valence-corrected chi connectivity index (χ3v) is 4.85. The molecular weight excluding hydrogens is 463 g/mol. The molecule has 0 fully saturated rings. The minimum atomic E-state index is -0.460. The fraction of sp³-hybridized carbons (Fsp3) is 0.0952. The first kappa shape index (κ1) is 19.3. The van der Waals surface area contributed by atoms with Gasteiger partial charge in [-0.05, 0) is 89.2 Å². The molecule has 1 N–H and O–H groups in total. The zero-order chi connectivity index (χ0) is 19.4. The van der Waals surface area contributed by atoms with Gasteiger partial charge in [-0.2, -0.15) is 0 Å². The molecule has 3 rings (SSSR count). The van der Waals surface area contributed by atoms with Crippen molar-refractivity contribution in [3.8, 4) is 5.75 Å². The van der Waals surface area contributed by atoms with Gasteiger partial charge >= 0.3 is 0 Å². The van der Waals surface area contributed by atoms with E-state index in [-0.39, 0.29) is 23.9 Å². The monoisotopic (exact) mass is 479 g/mol. The summed E-state index contributed by atoms with van der Waals surface area (Å²) in [4.78, 5) is 12.4. The summed E-state index contributed by atoms with van der Waals surface area (Å²) in [5, 5.41) is 2.79. The van der Waals surface area contributed by atoms with E-state index in [1.807, 2.05) is 29.5 Å². The summed E-state index contributed by atoms with van der Waals surface area (Å²) in [7, 11) is 0. The van der Waals surface area contributed by atoms with Crippen LogP contribution in [0, 0.1) is 22.1 Å². The quantitative estimate of drug-likeness (QED) is 0.477. The second-order valence-electron chi connectivity index (χ2n) is 5.97. The lowest BCUT2D eigenvalue weighted by Crippen LogP contribution is -2.14. The van der Waals surface area contributed by atoms with Crippen LogP contribution in [0.25, 0.3) is 0 Å². The first-order chi connectivity index (χ1) is 12.9. The number of nitrogens with one attached hydrogen (secondary N) is 1. The number of amides is 1.